The summed E-state index contributed by atoms with van der Waals surface area (Å²) in [4.78, 5) is 4.57. The number of aliphatic imine (C=N–C) groups is 1. The SMILES string of the molecule is CCNC(=NCC1(CO)CC1)NCCCOc1ccccc1.I. The summed E-state index contributed by atoms with van der Waals surface area (Å²) in [5, 5.41) is 15.9. The third-order valence-electron chi connectivity index (χ3n) is 3.83. The molecule has 3 N–H and O–H groups in total. The lowest BCUT2D eigenvalue weighted by Gasteiger charge is -2.14. The molecule has 0 atom stereocenters. The molecule has 2 rings (SSSR count). The van der Waals surface area contributed by atoms with Crippen LogP contribution in [0.3, 0.4) is 0 Å². The van der Waals surface area contributed by atoms with Crippen LogP contribution in [0.2, 0.25) is 0 Å². The molecule has 1 aromatic rings. The van der Waals surface area contributed by atoms with Crippen LogP contribution in [0, 0.1) is 5.41 Å². The number of hydrogen-bond acceptors (Lipinski definition) is 3. The minimum Gasteiger partial charge on any atom is -0.494 e. The molecule has 0 saturated heterocycles. The van der Waals surface area contributed by atoms with E-state index in [0.717, 1.165) is 44.1 Å². The number of rotatable bonds is 9. The Balaban J connectivity index is 0.00000264. The van der Waals surface area contributed by atoms with Crippen LogP contribution in [-0.2, 0) is 0 Å². The van der Waals surface area contributed by atoms with Gasteiger partial charge in [0, 0.05) is 18.5 Å². The summed E-state index contributed by atoms with van der Waals surface area (Å²) in [6.07, 6.45) is 3.07. The van der Waals surface area contributed by atoms with Crippen molar-refractivity contribution < 1.29 is 9.84 Å². The van der Waals surface area contributed by atoms with Gasteiger partial charge in [0.15, 0.2) is 5.96 Å². The van der Waals surface area contributed by atoms with Crippen LogP contribution in [0.5, 0.6) is 5.75 Å². The third kappa shape index (κ3) is 7.39. The highest BCUT2D eigenvalue weighted by atomic mass is 127. The molecule has 6 heteroatoms. The molecule has 23 heavy (non-hydrogen) atoms. The monoisotopic (exact) mass is 433 g/mol. The molecule has 1 aliphatic rings. The maximum atomic E-state index is 9.33. The molecule has 0 aliphatic heterocycles. The molecular weight excluding hydrogens is 405 g/mol. The zero-order chi connectivity index (χ0) is 15.7. The Kier molecular flexibility index (Phi) is 9.31. The molecule has 1 aliphatic carbocycles. The summed E-state index contributed by atoms with van der Waals surface area (Å²) in [6.45, 7) is 5.30. The van der Waals surface area contributed by atoms with Crippen molar-refractivity contribution in [2.24, 2.45) is 10.4 Å². The number of guanidine groups is 1. The topological polar surface area (TPSA) is 65.9 Å². The van der Waals surface area contributed by atoms with Crippen LogP contribution in [0.15, 0.2) is 35.3 Å². The van der Waals surface area contributed by atoms with Crippen LogP contribution in [-0.4, -0.2) is 43.9 Å². The van der Waals surface area contributed by atoms with Gasteiger partial charge in [-0.3, -0.25) is 4.99 Å². The average molecular weight is 433 g/mol. The Morgan fingerprint density at radius 3 is 2.61 bits per heavy atom. The van der Waals surface area contributed by atoms with E-state index in [-0.39, 0.29) is 36.0 Å². The number of aliphatic hydroxyl groups excluding tert-OH is 1. The molecule has 0 amide bonds. The van der Waals surface area contributed by atoms with Crippen molar-refractivity contribution in [2.45, 2.75) is 26.2 Å². The number of para-hydroxylation sites is 1. The van der Waals surface area contributed by atoms with Crippen molar-refractivity contribution in [3.63, 3.8) is 0 Å². The largest absolute Gasteiger partial charge is 0.494 e. The minimum absolute atomic E-state index is 0. The van der Waals surface area contributed by atoms with Crippen molar-refractivity contribution >= 4 is 29.9 Å². The van der Waals surface area contributed by atoms with Crippen LogP contribution >= 0.6 is 24.0 Å². The Morgan fingerprint density at radius 2 is 2.00 bits per heavy atom. The van der Waals surface area contributed by atoms with E-state index in [1.54, 1.807) is 0 Å². The van der Waals surface area contributed by atoms with Gasteiger partial charge in [-0.1, -0.05) is 18.2 Å². The molecule has 0 radical (unpaired) electrons. The van der Waals surface area contributed by atoms with Crippen molar-refractivity contribution in [3.8, 4) is 5.75 Å². The van der Waals surface area contributed by atoms with Gasteiger partial charge in [0.25, 0.3) is 0 Å². The summed E-state index contributed by atoms with van der Waals surface area (Å²) in [7, 11) is 0. The first-order valence-electron chi connectivity index (χ1n) is 8.09. The standard InChI is InChI=1S/C17H27N3O2.HI/c1-2-18-16(20-13-17(14-21)9-10-17)19-11-6-12-22-15-7-4-3-5-8-15;/h3-5,7-8,21H,2,6,9-14H2,1H3,(H2,18,19,20);1H. The molecule has 0 aromatic heterocycles. The van der Waals surface area contributed by atoms with E-state index in [1.165, 1.54) is 0 Å². The van der Waals surface area contributed by atoms with Gasteiger partial charge >= 0.3 is 0 Å². The second-order valence-corrected chi connectivity index (χ2v) is 5.80. The summed E-state index contributed by atoms with van der Waals surface area (Å²) in [5.74, 6) is 1.73. The fourth-order valence-corrected chi connectivity index (χ4v) is 2.12. The van der Waals surface area contributed by atoms with Gasteiger partial charge in [-0.2, -0.15) is 0 Å². The summed E-state index contributed by atoms with van der Waals surface area (Å²) in [5.41, 5.74) is 0.0543. The molecule has 1 aromatic carbocycles. The first-order chi connectivity index (χ1) is 10.8. The Bertz CT molecular complexity index is 464. The zero-order valence-corrected chi connectivity index (χ0v) is 16.1. The Hall–Kier alpha value is -1.02. The van der Waals surface area contributed by atoms with Crippen molar-refractivity contribution in [1.82, 2.24) is 10.6 Å². The number of aliphatic hydroxyl groups is 1. The fourth-order valence-electron chi connectivity index (χ4n) is 2.12. The number of hydrogen-bond donors (Lipinski definition) is 3. The summed E-state index contributed by atoms with van der Waals surface area (Å²) in [6, 6.07) is 9.84. The van der Waals surface area contributed by atoms with E-state index in [2.05, 4.69) is 22.5 Å². The lowest BCUT2D eigenvalue weighted by molar-refractivity contribution is 0.217. The van der Waals surface area contributed by atoms with E-state index in [4.69, 9.17) is 4.74 Å². The Morgan fingerprint density at radius 1 is 1.26 bits per heavy atom. The predicted octanol–water partition coefficient (Wildman–Crippen LogP) is 2.40. The summed E-state index contributed by atoms with van der Waals surface area (Å²) >= 11 is 0. The van der Waals surface area contributed by atoms with E-state index in [9.17, 15) is 5.11 Å². The third-order valence-corrected chi connectivity index (χ3v) is 3.83. The molecule has 5 nitrogen and oxygen atoms in total. The fraction of sp³-hybridized carbons (Fsp3) is 0.588. The molecular formula is C17H28IN3O2. The van der Waals surface area contributed by atoms with Crippen LogP contribution in [0.4, 0.5) is 0 Å². The zero-order valence-electron chi connectivity index (χ0n) is 13.8. The first-order valence-corrected chi connectivity index (χ1v) is 8.09. The normalized spacial score (nSPS) is 15.5. The highest BCUT2D eigenvalue weighted by Gasteiger charge is 2.41. The molecule has 0 heterocycles. The van der Waals surface area contributed by atoms with Gasteiger partial charge in [-0.05, 0) is 38.3 Å². The van der Waals surface area contributed by atoms with Gasteiger partial charge in [-0.25, -0.2) is 0 Å². The first kappa shape index (κ1) is 20.0. The Labute approximate surface area is 155 Å². The van der Waals surface area contributed by atoms with Crippen LogP contribution < -0.4 is 15.4 Å². The van der Waals surface area contributed by atoms with Crippen LogP contribution in [0.25, 0.3) is 0 Å². The molecule has 0 bridgehead atoms. The van der Waals surface area contributed by atoms with E-state index in [0.29, 0.717) is 13.2 Å². The molecule has 130 valence electrons. The highest BCUT2D eigenvalue weighted by molar-refractivity contribution is 14.0. The maximum Gasteiger partial charge on any atom is 0.191 e. The lowest BCUT2D eigenvalue weighted by Crippen LogP contribution is -2.38. The van der Waals surface area contributed by atoms with Crippen molar-refractivity contribution in [2.75, 3.05) is 32.8 Å². The number of nitrogens with zero attached hydrogens (tertiary/aromatic N) is 1. The van der Waals surface area contributed by atoms with Gasteiger partial charge in [-0.15, -0.1) is 24.0 Å². The van der Waals surface area contributed by atoms with E-state index < -0.39 is 0 Å². The van der Waals surface area contributed by atoms with Gasteiger partial charge in [0.2, 0.25) is 0 Å². The minimum atomic E-state index is 0. The van der Waals surface area contributed by atoms with Gasteiger partial charge in [0.1, 0.15) is 5.75 Å². The van der Waals surface area contributed by atoms with Crippen molar-refractivity contribution in [1.29, 1.82) is 0 Å². The smallest absolute Gasteiger partial charge is 0.191 e. The van der Waals surface area contributed by atoms with Crippen molar-refractivity contribution in [3.05, 3.63) is 30.3 Å². The molecule has 0 spiro atoms. The number of benzene rings is 1. The number of ether oxygens (including phenoxy) is 1. The van der Waals surface area contributed by atoms with Crippen LogP contribution in [0.1, 0.15) is 26.2 Å². The number of nitrogens with one attached hydrogen (secondary N) is 2. The molecule has 1 fully saturated rings. The lowest BCUT2D eigenvalue weighted by atomic mass is 10.1. The van der Waals surface area contributed by atoms with E-state index >= 15 is 0 Å². The van der Waals surface area contributed by atoms with Gasteiger partial charge in [0.05, 0.1) is 19.8 Å². The number of halogens is 1. The van der Waals surface area contributed by atoms with E-state index in [1.807, 2.05) is 30.3 Å². The average Bonchev–Trinajstić information content (AvgIpc) is 3.34. The highest BCUT2D eigenvalue weighted by Crippen LogP contribution is 2.45. The summed E-state index contributed by atoms with van der Waals surface area (Å²) < 4.78 is 5.66. The molecule has 1 saturated carbocycles. The second-order valence-electron chi connectivity index (χ2n) is 5.80. The van der Waals surface area contributed by atoms with Gasteiger partial charge < -0.3 is 20.5 Å². The molecule has 0 unspecified atom stereocenters. The maximum absolute atomic E-state index is 9.33. The quantitative estimate of drug-likeness (QED) is 0.242. The second kappa shape index (κ2) is 10.7. The predicted molar refractivity (Wildman–Crippen MR) is 105 cm³/mol.